The third-order valence-electron chi connectivity index (χ3n) is 2.68. The van der Waals surface area contributed by atoms with Gasteiger partial charge in [-0.05, 0) is 0 Å². The van der Waals surface area contributed by atoms with Gasteiger partial charge in [-0.15, -0.1) is 0 Å². The summed E-state index contributed by atoms with van der Waals surface area (Å²) < 4.78 is 4.60. The molecule has 0 unspecified atom stereocenters. The highest BCUT2D eigenvalue weighted by atomic mass is 16.6. The first-order chi connectivity index (χ1) is 9.61. The normalized spacial score (nSPS) is 18.2. The fourth-order valence-corrected chi connectivity index (χ4v) is 1.53. The lowest BCUT2D eigenvalue weighted by Crippen LogP contribution is -2.56. The first kappa shape index (κ1) is 19.4. The largest absolute Gasteiger partial charge is 0.475 e. The average Bonchev–Trinajstić information content (AvgIpc) is 2.41. The number of aliphatic hydroxyl groups excluding tert-OH is 4. The minimum Gasteiger partial charge on any atom is -0.475 e. The van der Waals surface area contributed by atoms with Crippen molar-refractivity contribution < 1.29 is 44.7 Å². The third kappa shape index (κ3) is 6.14. The molecule has 0 saturated heterocycles. The number of ether oxygens (including phenoxy) is 1. The van der Waals surface area contributed by atoms with Crippen LogP contribution in [0.3, 0.4) is 0 Å². The first-order valence-electron chi connectivity index (χ1n) is 5.95. The van der Waals surface area contributed by atoms with Crippen LogP contribution < -0.4 is 5.73 Å². The van der Waals surface area contributed by atoms with E-state index in [0.29, 0.717) is 0 Å². The highest BCUT2D eigenvalue weighted by molar-refractivity contribution is 6.32. The van der Waals surface area contributed by atoms with Crippen LogP contribution in [-0.2, 0) is 19.1 Å². The topological polar surface area (TPSA) is 188 Å². The van der Waals surface area contributed by atoms with Gasteiger partial charge in [0.1, 0.15) is 12.2 Å². The molecule has 0 spiro atoms. The van der Waals surface area contributed by atoms with Gasteiger partial charge in [0.15, 0.2) is 6.10 Å². The van der Waals surface area contributed by atoms with Crippen molar-refractivity contribution in [2.45, 2.75) is 43.8 Å². The van der Waals surface area contributed by atoms with Crippen molar-refractivity contribution in [2.24, 2.45) is 5.73 Å². The van der Waals surface area contributed by atoms with E-state index in [1.165, 1.54) is 0 Å². The number of rotatable bonds is 9. The highest BCUT2D eigenvalue weighted by Gasteiger charge is 2.37. The summed E-state index contributed by atoms with van der Waals surface area (Å²) in [5, 5.41) is 46.1. The van der Waals surface area contributed by atoms with E-state index in [0.717, 1.165) is 6.92 Å². The van der Waals surface area contributed by atoms with E-state index >= 15 is 0 Å². The Morgan fingerprint density at radius 2 is 1.67 bits per heavy atom. The summed E-state index contributed by atoms with van der Waals surface area (Å²) in [6.07, 6.45) is -7.75. The van der Waals surface area contributed by atoms with E-state index in [9.17, 15) is 29.7 Å². The molecule has 10 nitrogen and oxygen atoms in total. The molecule has 0 aromatic heterocycles. The van der Waals surface area contributed by atoms with E-state index in [1.807, 2.05) is 0 Å². The maximum Gasteiger partial charge on any atom is 0.372 e. The Morgan fingerprint density at radius 1 is 1.14 bits per heavy atom. The standard InChI is InChI=1S/C11H19NO9/c1-4(14)21-10(7(17)3-13)9(18)8(12)5(15)2-6(16)11(19)20/h5,7-10,13,15,17-18H,2-3,12H2,1H3,(H,19,20)/t5-,7+,8+,9+,10+/m0/s1. The molecule has 7 N–H and O–H groups in total. The van der Waals surface area contributed by atoms with Crippen molar-refractivity contribution in [3.63, 3.8) is 0 Å². The van der Waals surface area contributed by atoms with Gasteiger partial charge in [-0.3, -0.25) is 9.59 Å². The van der Waals surface area contributed by atoms with Crippen molar-refractivity contribution in [3.8, 4) is 0 Å². The maximum absolute atomic E-state index is 10.9. The number of carboxylic acids is 1. The quantitative estimate of drug-likeness (QED) is 0.183. The van der Waals surface area contributed by atoms with Gasteiger partial charge in [-0.25, -0.2) is 4.79 Å². The van der Waals surface area contributed by atoms with Gasteiger partial charge in [0.05, 0.1) is 18.8 Å². The second-order valence-corrected chi connectivity index (χ2v) is 4.39. The molecule has 0 aliphatic carbocycles. The van der Waals surface area contributed by atoms with Crippen LogP contribution in [0.5, 0.6) is 0 Å². The van der Waals surface area contributed by atoms with Crippen molar-refractivity contribution in [1.82, 2.24) is 0 Å². The lowest BCUT2D eigenvalue weighted by molar-refractivity contribution is -0.168. The minimum atomic E-state index is -1.83. The molecule has 0 amide bonds. The van der Waals surface area contributed by atoms with Crippen LogP contribution in [-0.4, -0.2) is 80.3 Å². The molecule has 0 aliphatic heterocycles. The summed E-state index contributed by atoms with van der Waals surface area (Å²) in [6.45, 7) is 0.131. The fourth-order valence-electron chi connectivity index (χ4n) is 1.53. The van der Waals surface area contributed by atoms with Crippen LogP contribution in [0.15, 0.2) is 0 Å². The lowest BCUT2D eigenvalue weighted by Gasteiger charge is -2.31. The molecule has 0 aromatic rings. The summed E-state index contributed by atoms with van der Waals surface area (Å²) in [7, 11) is 0. The Kier molecular flexibility index (Phi) is 7.99. The summed E-state index contributed by atoms with van der Waals surface area (Å²) >= 11 is 0. The second kappa shape index (κ2) is 8.64. The predicted molar refractivity (Wildman–Crippen MR) is 65.9 cm³/mol. The minimum absolute atomic E-state index is 0.855. The zero-order chi connectivity index (χ0) is 16.7. The molecule has 0 aliphatic rings. The predicted octanol–water partition coefficient (Wildman–Crippen LogP) is -3.64. The number of Topliss-reactive ketones (excluding diaryl/α,β-unsaturated/α-hetero) is 1. The number of ketones is 1. The smallest absolute Gasteiger partial charge is 0.372 e. The Morgan fingerprint density at radius 3 is 2.05 bits per heavy atom. The molecule has 0 bridgehead atoms. The number of hydrogen-bond donors (Lipinski definition) is 6. The molecule has 0 aromatic carbocycles. The molecule has 0 heterocycles. The summed E-state index contributed by atoms with van der Waals surface area (Å²) in [6, 6.07) is -1.58. The number of aliphatic hydroxyl groups is 4. The van der Waals surface area contributed by atoms with Crippen LogP contribution in [0.25, 0.3) is 0 Å². The lowest BCUT2D eigenvalue weighted by atomic mass is 9.95. The number of carbonyl (C=O) groups is 3. The molecular weight excluding hydrogens is 290 g/mol. The number of hydrogen-bond acceptors (Lipinski definition) is 9. The molecule has 0 saturated carbocycles. The number of aliphatic carboxylic acids is 1. The van der Waals surface area contributed by atoms with E-state index in [-0.39, 0.29) is 0 Å². The van der Waals surface area contributed by atoms with Crippen LogP contribution in [0.1, 0.15) is 13.3 Å². The van der Waals surface area contributed by atoms with Gasteiger partial charge in [0, 0.05) is 13.3 Å². The Balaban J connectivity index is 4.89. The third-order valence-corrected chi connectivity index (χ3v) is 2.68. The maximum atomic E-state index is 10.9. The molecule has 21 heavy (non-hydrogen) atoms. The van der Waals surface area contributed by atoms with Crippen LogP contribution >= 0.6 is 0 Å². The number of carboxylic acid groups (broad SMARTS) is 1. The van der Waals surface area contributed by atoms with Gasteiger partial charge >= 0.3 is 11.9 Å². The number of carbonyl (C=O) groups excluding carboxylic acids is 2. The number of nitrogens with two attached hydrogens (primary N) is 1. The van der Waals surface area contributed by atoms with Crippen LogP contribution in [0.2, 0.25) is 0 Å². The highest BCUT2D eigenvalue weighted by Crippen LogP contribution is 2.13. The van der Waals surface area contributed by atoms with Crippen LogP contribution in [0.4, 0.5) is 0 Å². The molecule has 10 heteroatoms. The van der Waals surface area contributed by atoms with Crippen molar-refractivity contribution in [1.29, 1.82) is 0 Å². The molecule has 0 radical (unpaired) electrons. The molecule has 122 valence electrons. The molecule has 5 atom stereocenters. The SMILES string of the molecule is CC(=O)O[C@@H]([C@H](O)[C@H](N)[C@@H](O)CC(=O)C(=O)O)[C@H](O)CO. The number of esters is 1. The zero-order valence-corrected chi connectivity index (χ0v) is 11.2. The molecular formula is C11H19NO9. The monoisotopic (exact) mass is 309 g/mol. The van der Waals surface area contributed by atoms with Gasteiger partial charge in [0.25, 0.3) is 0 Å². The zero-order valence-electron chi connectivity index (χ0n) is 11.2. The van der Waals surface area contributed by atoms with E-state index in [2.05, 4.69) is 4.74 Å². The van der Waals surface area contributed by atoms with E-state index in [4.69, 9.17) is 15.9 Å². The average molecular weight is 309 g/mol. The Labute approximate surface area is 119 Å². The van der Waals surface area contributed by atoms with Gasteiger partial charge < -0.3 is 36.0 Å². The van der Waals surface area contributed by atoms with Crippen molar-refractivity contribution in [3.05, 3.63) is 0 Å². The Bertz CT molecular complexity index is 386. The van der Waals surface area contributed by atoms with Gasteiger partial charge in [-0.1, -0.05) is 0 Å². The first-order valence-corrected chi connectivity index (χ1v) is 5.95. The van der Waals surface area contributed by atoms with E-state index in [1.54, 1.807) is 0 Å². The van der Waals surface area contributed by atoms with Crippen molar-refractivity contribution in [2.75, 3.05) is 6.61 Å². The van der Waals surface area contributed by atoms with Crippen LogP contribution in [0, 0.1) is 0 Å². The van der Waals surface area contributed by atoms with E-state index < -0.39 is 61.2 Å². The fraction of sp³-hybridized carbons (Fsp3) is 0.727. The van der Waals surface area contributed by atoms with Gasteiger partial charge in [-0.2, -0.15) is 0 Å². The molecule has 0 rings (SSSR count). The second-order valence-electron chi connectivity index (χ2n) is 4.39. The molecule has 0 fully saturated rings. The van der Waals surface area contributed by atoms with Gasteiger partial charge in [0.2, 0.25) is 5.78 Å². The summed E-state index contributed by atoms with van der Waals surface area (Å²) in [5.74, 6) is -3.98. The Hall–Kier alpha value is -1.59. The summed E-state index contributed by atoms with van der Waals surface area (Å²) in [5.41, 5.74) is 5.45. The summed E-state index contributed by atoms with van der Waals surface area (Å²) in [4.78, 5) is 32.2. The van der Waals surface area contributed by atoms with Crippen molar-refractivity contribution >= 4 is 17.7 Å².